The van der Waals surface area contributed by atoms with E-state index in [0.717, 1.165) is 35.1 Å². The van der Waals surface area contributed by atoms with Crippen LogP contribution in [0, 0.1) is 0 Å². The van der Waals surface area contributed by atoms with Crippen LogP contribution in [0.5, 0.6) is 0 Å². The Morgan fingerprint density at radius 3 is 2.38 bits per heavy atom. The van der Waals surface area contributed by atoms with E-state index in [2.05, 4.69) is 25.6 Å². The van der Waals surface area contributed by atoms with Crippen LogP contribution in [0.3, 0.4) is 0 Å². The zero-order chi connectivity index (χ0) is 30.3. The monoisotopic (exact) mass is 576 g/mol. The highest BCUT2D eigenvalue weighted by Crippen LogP contribution is 2.30. The van der Waals surface area contributed by atoms with Gasteiger partial charge in [0.2, 0.25) is 5.82 Å². The smallest absolute Gasteiger partial charge is 0.456 e. The number of benzene rings is 2. The second-order valence-electron chi connectivity index (χ2n) is 10.6. The molecule has 2 aromatic carbocycles. The standard InChI is InChI=1S/C30H36N6O6/c1-6-7-12-24-31-25(26(30(4,5)39)36(24)18-41-29(38)42-19(2)3)28(37)40-17-20-13-15-21(16-14-20)22-10-8-9-11-23(22)27-32-34-35-33-27/h8-11,13-16,19,39H,6-7,12,17-18H2,1-5H3,(H,32,33,34,35). The average Bonchev–Trinajstić information content (AvgIpc) is 3.62. The Bertz CT molecular complexity index is 1490. The van der Waals surface area contributed by atoms with Crippen LogP contribution in [0.25, 0.3) is 22.5 Å². The highest BCUT2D eigenvalue weighted by atomic mass is 16.7. The summed E-state index contributed by atoms with van der Waals surface area (Å²) in [5.41, 5.74) is 2.15. The van der Waals surface area contributed by atoms with Gasteiger partial charge in [-0.1, -0.05) is 61.9 Å². The van der Waals surface area contributed by atoms with Crippen molar-refractivity contribution < 1.29 is 28.9 Å². The van der Waals surface area contributed by atoms with Crippen molar-refractivity contribution in [3.05, 3.63) is 71.3 Å². The van der Waals surface area contributed by atoms with E-state index in [1.54, 1.807) is 32.3 Å². The number of aromatic amines is 1. The predicted octanol–water partition coefficient (Wildman–Crippen LogP) is 5.18. The summed E-state index contributed by atoms with van der Waals surface area (Å²) in [4.78, 5) is 29.9. The van der Waals surface area contributed by atoms with Crippen LogP contribution in [0.1, 0.15) is 75.0 Å². The Balaban J connectivity index is 1.53. The summed E-state index contributed by atoms with van der Waals surface area (Å²) in [7, 11) is 0. The van der Waals surface area contributed by atoms with Crippen molar-refractivity contribution in [2.24, 2.45) is 0 Å². The Labute approximate surface area is 244 Å². The van der Waals surface area contributed by atoms with Crippen LogP contribution >= 0.6 is 0 Å². The molecule has 4 rings (SSSR count). The lowest BCUT2D eigenvalue weighted by Crippen LogP contribution is -2.27. The fraction of sp³-hybridized carbons (Fsp3) is 0.400. The molecule has 0 aliphatic carbocycles. The Morgan fingerprint density at radius 2 is 1.76 bits per heavy atom. The molecule has 2 N–H and O–H groups in total. The van der Waals surface area contributed by atoms with Gasteiger partial charge < -0.3 is 19.3 Å². The summed E-state index contributed by atoms with van der Waals surface area (Å²) >= 11 is 0. The summed E-state index contributed by atoms with van der Waals surface area (Å²) < 4.78 is 17.5. The van der Waals surface area contributed by atoms with Crippen LogP contribution in [-0.4, -0.2) is 53.5 Å². The number of hydrogen-bond donors (Lipinski definition) is 2. The molecule has 0 amide bonds. The second-order valence-corrected chi connectivity index (χ2v) is 10.6. The van der Waals surface area contributed by atoms with Crippen LogP contribution in [-0.2, 0) is 39.6 Å². The number of nitrogens with zero attached hydrogens (tertiary/aromatic N) is 5. The summed E-state index contributed by atoms with van der Waals surface area (Å²) in [6.45, 7) is 8.26. The minimum Gasteiger partial charge on any atom is -0.456 e. The number of nitrogens with one attached hydrogen (secondary N) is 1. The van der Waals surface area contributed by atoms with Crippen LogP contribution < -0.4 is 0 Å². The lowest BCUT2D eigenvalue weighted by atomic mass is 9.98. The molecule has 12 heteroatoms. The third-order valence-corrected chi connectivity index (χ3v) is 6.37. The molecule has 0 radical (unpaired) electrons. The molecule has 42 heavy (non-hydrogen) atoms. The number of aromatic nitrogens is 6. The molecule has 0 fully saturated rings. The van der Waals surface area contributed by atoms with Gasteiger partial charge in [0.1, 0.15) is 18.0 Å². The lowest BCUT2D eigenvalue weighted by molar-refractivity contribution is 0.00805. The van der Waals surface area contributed by atoms with Crippen molar-refractivity contribution in [1.82, 2.24) is 30.2 Å². The van der Waals surface area contributed by atoms with Gasteiger partial charge >= 0.3 is 12.1 Å². The summed E-state index contributed by atoms with van der Waals surface area (Å²) in [6, 6.07) is 15.3. The molecule has 222 valence electrons. The molecule has 2 aromatic heterocycles. The van der Waals surface area contributed by atoms with Gasteiger partial charge in [-0.05, 0) is 56.0 Å². The van der Waals surface area contributed by atoms with Gasteiger partial charge in [0.25, 0.3) is 0 Å². The minimum atomic E-state index is -1.48. The number of ether oxygens (including phenoxy) is 3. The number of carbonyl (C=O) groups is 2. The molecule has 0 unspecified atom stereocenters. The maximum atomic E-state index is 13.3. The topological polar surface area (TPSA) is 154 Å². The van der Waals surface area contributed by atoms with Crippen LogP contribution in [0.2, 0.25) is 0 Å². The molecular weight excluding hydrogens is 540 g/mol. The predicted molar refractivity (Wildman–Crippen MR) is 153 cm³/mol. The number of unbranched alkanes of at least 4 members (excludes halogenated alkanes) is 1. The van der Waals surface area contributed by atoms with Crippen molar-refractivity contribution in [3.8, 4) is 22.5 Å². The molecule has 0 spiro atoms. The highest BCUT2D eigenvalue weighted by molar-refractivity contribution is 5.89. The van der Waals surface area contributed by atoms with E-state index in [-0.39, 0.29) is 30.8 Å². The molecular formula is C30H36N6O6. The maximum absolute atomic E-state index is 13.3. The zero-order valence-corrected chi connectivity index (χ0v) is 24.5. The molecule has 4 aromatic rings. The first-order valence-electron chi connectivity index (χ1n) is 13.8. The van der Waals surface area contributed by atoms with Gasteiger partial charge in [-0.25, -0.2) is 14.6 Å². The lowest BCUT2D eigenvalue weighted by Gasteiger charge is -2.22. The number of esters is 1. The second kappa shape index (κ2) is 13.4. The van der Waals surface area contributed by atoms with E-state index in [0.29, 0.717) is 18.1 Å². The van der Waals surface area contributed by atoms with Crippen molar-refractivity contribution in [2.45, 2.75) is 78.9 Å². The molecule has 0 atom stereocenters. The Hall–Kier alpha value is -4.58. The third kappa shape index (κ3) is 7.38. The number of carbonyl (C=O) groups excluding carboxylic acids is 2. The quantitative estimate of drug-likeness (QED) is 0.216. The minimum absolute atomic E-state index is 0.00866. The van der Waals surface area contributed by atoms with Crippen molar-refractivity contribution in [3.63, 3.8) is 0 Å². The number of aliphatic hydroxyl groups is 1. The number of hydrogen-bond acceptors (Lipinski definition) is 10. The van der Waals surface area contributed by atoms with Crippen molar-refractivity contribution in [2.75, 3.05) is 0 Å². The van der Waals surface area contributed by atoms with E-state index in [4.69, 9.17) is 14.2 Å². The van der Waals surface area contributed by atoms with E-state index < -0.39 is 17.7 Å². The van der Waals surface area contributed by atoms with Gasteiger partial charge in [-0.3, -0.25) is 4.57 Å². The van der Waals surface area contributed by atoms with E-state index in [9.17, 15) is 14.7 Å². The zero-order valence-electron chi connectivity index (χ0n) is 24.5. The Morgan fingerprint density at radius 1 is 1.05 bits per heavy atom. The third-order valence-electron chi connectivity index (χ3n) is 6.37. The van der Waals surface area contributed by atoms with E-state index in [1.165, 1.54) is 0 Å². The van der Waals surface area contributed by atoms with Crippen molar-refractivity contribution >= 4 is 12.1 Å². The van der Waals surface area contributed by atoms with Crippen LogP contribution in [0.15, 0.2) is 48.5 Å². The van der Waals surface area contributed by atoms with Crippen LogP contribution in [0.4, 0.5) is 4.79 Å². The van der Waals surface area contributed by atoms with Gasteiger partial charge in [-0.15, -0.1) is 10.2 Å². The van der Waals surface area contributed by atoms with E-state index in [1.807, 2.05) is 55.5 Å². The molecule has 0 aliphatic rings. The number of imidazole rings is 1. The fourth-order valence-corrected chi connectivity index (χ4v) is 4.47. The molecule has 0 aliphatic heterocycles. The molecule has 0 saturated heterocycles. The number of tetrazole rings is 1. The normalized spacial score (nSPS) is 11.5. The van der Waals surface area contributed by atoms with Gasteiger partial charge in [0.15, 0.2) is 12.4 Å². The van der Waals surface area contributed by atoms with Gasteiger partial charge in [0, 0.05) is 12.0 Å². The summed E-state index contributed by atoms with van der Waals surface area (Å²) in [5.74, 6) is 0.300. The number of rotatable bonds is 12. The largest absolute Gasteiger partial charge is 0.510 e. The number of aryl methyl sites for hydroxylation is 1. The SMILES string of the molecule is CCCCc1nc(C(=O)OCc2ccc(-c3ccccc3-c3nn[nH]n3)cc2)c(C(C)(C)O)n1COC(=O)OC(C)C. The highest BCUT2D eigenvalue weighted by Gasteiger charge is 2.33. The Kier molecular flexibility index (Phi) is 9.68. The van der Waals surface area contributed by atoms with Gasteiger partial charge in [0.05, 0.1) is 11.8 Å². The first kappa shape index (κ1) is 30.4. The maximum Gasteiger partial charge on any atom is 0.510 e. The molecule has 0 saturated carbocycles. The fourth-order valence-electron chi connectivity index (χ4n) is 4.47. The number of H-pyrrole nitrogens is 1. The average molecular weight is 577 g/mol. The first-order chi connectivity index (χ1) is 20.1. The summed E-state index contributed by atoms with van der Waals surface area (Å²) in [6.07, 6.45) is 0.983. The summed E-state index contributed by atoms with van der Waals surface area (Å²) in [5, 5.41) is 25.3. The van der Waals surface area contributed by atoms with Gasteiger partial charge in [-0.2, -0.15) is 5.21 Å². The van der Waals surface area contributed by atoms with Crippen molar-refractivity contribution in [1.29, 1.82) is 0 Å². The molecule has 12 nitrogen and oxygen atoms in total. The first-order valence-corrected chi connectivity index (χ1v) is 13.8. The molecule has 2 heterocycles. The molecule has 0 bridgehead atoms. The van der Waals surface area contributed by atoms with E-state index >= 15 is 0 Å².